The van der Waals surface area contributed by atoms with Crippen molar-refractivity contribution in [1.29, 1.82) is 0 Å². The first-order valence-electron chi connectivity index (χ1n) is 6.36. The molecule has 4 nitrogen and oxygen atoms in total. The largest absolute Gasteiger partial charge is 0.480 e. The highest BCUT2D eigenvalue weighted by Gasteiger charge is 2.18. The zero-order valence-electron chi connectivity index (χ0n) is 10.9. The molecule has 1 atom stereocenters. The van der Waals surface area contributed by atoms with Crippen molar-refractivity contribution in [2.75, 3.05) is 0 Å². The molecule has 0 aliphatic carbocycles. The van der Waals surface area contributed by atoms with Gasteiger partial charge in [-0.2, -0.15) is 0 Å². The number of carboxylic acids is 1. The third-order valence-electron chi connectivity index (χ3n) is 3.07. The van der Waals surface area contributed by atoms with Crippen molar-refractivity contribution in [2.24, 2.45) is 0 Å². The predicted molar refractivity (Wildman–Crippen MR) is 73.8 cm³/mol. The SMILES string of the molecule is CCn1ccc(CNC(C(=O)O)c2ccccc2)c1. The van der Waals surface area contributed by atoms with Gasteiger partial charge in [0.05, 0.1) is 0 Å². The Hall–Kier alpha value is -2.07. The second kappa shape index (κ2) is 6.20. The number of hydrogen-bond acceptors (Lipinski definition) is 2. The van der Waals surface area contributed by atoms with Gasteiger partial charge in [-0.05, 0) is 24.1 Å². The van der Waals surface area contributed by atoms with Gasteiger partial charge in [-0.3, -0.25) is 10.1 Å². The smallest absolute Gasteiger partial charge is 0.325 e. The number of nitrogens with one attached hydrogen (secondary N) is 1. The molecule has 2 aromatic rings. The van der Waals surface area contributed by atoms with Crippen LogP contribution in [0.2, 0.25) is 0 Å². The molecule has 0 radical (unpaired) electrons. The van der Waals surface area contributed by atoms with Crippen LogP contribution in [-0.2, 0) is 17.9 Å². The second-order valence-electron chi connectivity index (χ2n) is 4.41. The minimum atomic E-state index is -0.860. The van der Waals surface area contributed by atoms with Crippen LogP contribution in [0.1, 0.15) is 24.1 Å². The van der Waals surface area contributed by atoms with E-state index < -0.39 is 12.0 Å². The molecule has 0 aliphatic rings. The second-order valence-corrected chi connectivity index (χ2v) is 4.41. The molecule has 1 aromatic heterocycles. The van der Waals surface area contributed by atoms with E-state index in [1.165, 1.54) is 0 Å². The third-order valence-corrected chi connectivity index (χ3v) is 3.07. The molecule has 19 heavy (non-hydrogen) atoms. The van der Waals surface area contributed by atoms with E-state index in [1.54, 1.807) is 0 Å². The van der Waals surface area contributed by atoms with E-state index in [4.69, 9.17) is 0 Å². The molecule has 0 fully saturated rings. The Labute approximate surface area is 112 Å². The molecule has 0 saturated heterocycles. The Kier molecular flexibility index (Phi) is 4.36. The highest BCUT2D eigenvalue weighted by molar-refractivity contribution is 5.75. The fourth-order valence-corrected chi connectivity index (χ4v) is 2.00. The van der Waals surface area contributed by atoms with Gasteiger partial charge >= 0.3 is 5.97 Å². The third kappa shape index (κ3) is 3.45. The van der Waals surface area contributed by atoms with Crippen molar-refractivity contribution >= 4 is 5.97 Å². The fourth-order valence-electron chi connectivity index (χ4n) is 2.00. The number of hydrogen-bond donors (Lipinski definition) is 2. The monoisotopic (exact) mass is 258 g/mol. The van der Waals surface area contributed by atoms with E-state index in [2.05, 4.69) is 16.8 Å². The van der Waals surface area contributed by atoms with E-state index in [0.717, 1.165) is 17.7 Å². The van der Waals surface area contributed by atoms with Gasteiger partial charge < -0.3 is 9.67 Å². The van der Waals surface area contributed by atoms with Gasteiger partial charge in [0.15, 0.2) is 0 Å². The van der Waals surface area contributed by atoms with Crippen molar-refractivity contribution in [3.8, 4) is 0 Å². The Balaban J connectivity index is 2.04. The average molecular weight is 258 g/mol. The standard InChI is InChI=1S/C15H18N2O2/c1-2-17-9-8-12(11-17)10-16-14(15(18)19)13-6-4-3-5-7-13/h3-9,11,14,16H,2,10H2,1H3,(H,18,19). The molecule has 0 amide bonds. The topological polar surface area (TPSA) is 54.3 Å². The van der Waals surface area contributed by atoms with Crippen molar-refractivity contribution in [3.63, 3.8) is 0 Å². The number of aryl methyl sites for hydroxylation is 1. The summed E-state index contributed by atoms with van der Waals surface area (Å²) >= 11 is 0. The van der Waals surface area contributed by atoms with E-state index in [9.17, 15) is 9.90 Å². The van der Waals surface area contributed by atoms with Crippen LogP contribution in [0.3, 0.4) is 0 Å². The highest BCUT2D eigenvalue weighted by Crippen LogP contribution is 2.13. The molecule has 1 aromatic carbocycles. The average Bonchev–Trinajstić information content (AvgIpc) is 2.88. The Morgan fingerprint density at radius 2 is 2.05 bits per heavy atom. The summed E-state index contributed by atoms with van der Waals surface area (Å²) < 4.78 is 2.06. The first kappa shape index (κ1) is 13.4. The maximum absolute atomic E-state index is 11.3. The van der Waals surface area contributed by atoms with Crippen molar-refractivity contribution < 1.29 is 9.90 Å². The number of carboxylic acid groups (broad SMARTS) is 1. The molecule has 0 aliphatic heterocycles. The van der Waals surface area contributed by atoms with Crippen molar-refractivity contribution in [2.45, 2.75) is 26.1 Å². The number of carbonyl (C=O) groups is 1. The van der Waals surface area contributed by atoms with Gasteiger partial charge in [0, 0.05) is 25.5 Å². The van der Waals surface area contributed by atoms with Gasteiger partial charge in [-0.15, -0.1) is 0 Å². The molecule has 100 valence electrons. The first-order chi connectivity index (χ1) is 9.20. The van der Waals surface area contributed by atoms with Gasteiger partial charge in [-0.1, -0.05) is 30.3 Å². The van der Waals surface area contributed by atoms with Crippen LogP contribution in [0.15, 0.2) is 48.8 Å². The van der Waals surface area contributed by atoms with Crippen LogP contribution in [0.25, 0.3) is 0 Å². The summed E-state index contributed by atoms with van der Waals surface area (Å²) in [5.41, 5.74) is 1.86. The zero-order chi connectivity index (χ0) is 13.7. The van der Waals surface area contributed by atoms with Gasteiger partial charge in [0.25, 0.3) is 0 Å². The van der Waals surface area contributed by atoms with E-state index in [1.807, 2.05) is 48.8 Å². The zero-order valence-corrected chi connectivity index (χ0v) is 10.9. The van der Waals surface area contributed by atoms with E-state index in [-0.39, 0.29) is 0 Å². The van der Waals surface area contributed by atoms with Gasteiger partial charge in [0.1, 0.15) is 6.04 Å². The molecule has 2 rings (SSSR count). The molecule has 1 heterocycles. The van der Waals surface area contributed by atoms with Crippen LogP contribution in [-0.4, -0.2) is 15.6 Å². The molecule has 0 bridgehead atoms. The summed E-state index contributed by atoms with van der Waals surface area (Å²) in [7, 11) is 0. The lowest BCUT2D eigenvalue weighted by Gasteiger charge is -2.14. The summed E-state index contributed by atoms with van der Waals surface area (Å²) in [5.74, 6) is -0.860. The Morgan fingerprint density at radius 3 is 2.63 bits per heavy atom. The predicted octanol–water partition coefficient (Wildman–Crippen LogP) is 2.42. The van der Waals surface area contributed by atoms with Gasteiger partial charge in [-0.25, -0.2) is 0 Å². The van der Waals surface area contributed by atoms with Crippen LogP contribution in [0, 0.1) is 0 Å². The maximum atomic E-state index is 11.3. The minimum Gasteiger partial charge on any atom is -0.480 e. The van der Waals surface area contributed by atoms with E-state index in [0.29, 0.717) is 6.54 Å². The maximum Gasteiger partial charge on any atom is 0.325 e. The molecule has 0 spiro atoms. The molecular formula is C15H18N2O2. The summed E-state index contributed by atoms with van der Waals surface area (Å²) in [6.07, 6.45) is 4.02. The highest BCUT2D eigenvalue weighted by atomic mass is 16.4. The molecule has 1 unspecified atom stereocenters. The molecule has 2 N–H and O–H groups in total. The summed E-state index contributed by atoms with van der Waals surface area (Å²) in [5, 5.41) is 12.4. The fraction of sp³-hybridized carbons (Fsp3) is 0.267. The molecule has 0 saturated carbocycles. The number of aliphatic carboxylic acids is 1. The van der Waals surface area contributed by atoms with Crippen LogP contribution < -0.4 is 5.32 Å². The normalized spacial score (nSPS) is 12.3. The first-order valence-corrected chi connectivity index (χ1v) is 6.36. The van der Waals surface area contributed by atoms with Gasteiger partial charge in [0.2, 0.25) is 0 Å². The Morgan fingerprint density at radius 1 is 1.32 bits per heavy atom. The number of aromatic nitrogens is 1. The van der Waals surface area contributed by atoms with Crippen LogP contribution in [0.5, 0.6) is 0 Å². The summed E-state index contributed by atoms with van der Waals surface area (Å²) in [4.78, 5) is 11.3. The van der Waals surface area contributed by atoms with Crippen LogP contribution >= 0.6 is 0 Å². The number of benzene rings is 1. The quantitative estimate of drug-likeness (QED) is 0.836. The molecular weight excluding hydrogens is 240 g/mol. The lowest BCUT2D eigenvalue weighted by atomic mass is 10.1. The van der Waals surface area contributed by atoms with Crippen LogP contribution in [0.4, 0.5) is 0 Å². The Bertz CT molecular complexity index is 534. The van der Waals surface area contributed by atoms with Crippen molar-refractivity contribution in [3.05, 3.63) is 59.9 Å². The summed E-state index contributed by atoms with van der Waals surface area (Å²) in [6.45, 7) is 3.53. The summed E-state index contributed by atoms with van der Waals surface area (Å²) in [6, 6.07) is 10.5. The number of rotatable bonds is 6. The van der Waals surface area contributed by atoms with Crippen molar-refractivity contribution in [1.82, 2.24) is 9.88 Å². The lowest BCUT2D eigenvalue weighted by molar-refractivity contribution is -0.139. The molecule has 4 heteroatoms. The number of nitrogens with zero attached hydrogens (tertiary/aromatic N) is 1. The lowest BCUT2D eigenvalue weighted by Crippen LogP contribution is -2.27. The minimum absolute atomic E-state index is 0.541. The van der Waals surface area contributed by atoms with E-state index >= 15 is 0 Å².